The fourth-order valence-electron chi connectivity index (χ4n) is 1.61. The Bertz CT molecular complexity index is 584. The minimum absolute atomic E-state index is 0.455. The largest absolute Gasteiger partial charge is 0.464 e. The van der Waals surface area contributed by atoms with Gasteiger partial charge in [0.15, 0.2) is 0 Å². The lowest BCUT2D eigenvalue weighted by Crippen LogP contribution is -1.98. The third-order valence-corrected chi connectivity index (χ3v) is 2.93. The van der Waals surface area contributed by atoms with E-state index in [1.807, 2.05) is 24.3 Å². The summed E-state index contributed by atoms with van der Waals surface area (Å²) in [7, 11) is 0. The highest BCUT2D eigenvalue weighted by Crippen LogP contribution is 2.21. The van der Waals surface area contributed by atoms with Gasteiger partial charge in [0.05, 0.1) is 17.1 Å². The first-order chi connectivity index (χ1) is 8.72. The summed E-state index contributed by atoms with van der Waals surface area (Å²) in [6, 6.07) is 11.2. The van der Waals surface area contributed by atoms with Crippen molar-refractivity contribution < 1.29 is 4.42 Å². The molecule has 0 aliphatic carbocycles. The van der Waals surface area contributed by atoms with Gasteiger partial charge in [0.1, 0.15) is 17.6 Å². The lowest BCUT2D eigenvalue weighted by atomic mass is 10.2. The first-order valence-electron chi connectivity index (χ1n) is 5.74. The van der Waals surface area contributed by atoms with Gasteiger partial charge in [-0.05, 0) is 30.3 Å². The molecular weight excluding hydrogens is 248 g/mol. The summed E-state index contributed by atoms with van der Waals surface area (Å²) in [5.74, 6) is 1.86. The minimum Gasteiger partial charge on any atom is -0.464 e. The van der Waals surface area contributed by atoms with Gasteiger partial charge in [-0.3, -0.25) is 0 Å². The average molecular weight is 261 g/mol. The number of halogens is 1. The average Bonchev–Trinajstić information content (AvgIpc) is 2.84. The molecule has 0 atom stereocenters. The number of hydrogen-bond donors (Lipinski definition) is 1. The van der Waals surface area contributed by atoms with E-state index >= 15 is 0 Å². The van der Waals surface area contributed by atoms with E-state index in [9.17, 15) is 0 Å². The van der Waals surface area contributed by atoms with E-state index in [2.05, 4.69) is 12.2 Å². The Hall–Kier alpha value is -1.92. The lowest BCUT2D eigenvalue weighted by molar-refractivity contribution is 0.476. The molecule has 18 heavy (non-hydrogen) atoms. The molecule has 1 aromatic carbocycles. The molecule has 92 valence electrons. The lowest BCUT2D eigenvalue weighted by Gasteiger charge is -2.05. The zero-order chi connectivity index (χ0) is 13.0. The Balaban J connectivity index is 2.02. The number of nitrogens with zero attached hydrogens (tertiary/aromatic N) is 1. The fraction of sp³-hybridized carbons (Fsp3) is 0.214. The van der Waals surface area contributed by atoms with Gasteiger partial charge in [-0.1, -0.05) is 18.5 Å². The van der Waals surface area contributed by atoms with Crippen LogP contribution in [0.15, 0.2) is 34.7 Å². The van der Waals surface area contributed by atoms with Crippen LogP contribution in [0.4, 0.5) is 5.69 Å². The van der Waals surface area contributed by atoms with Gasteiger partial charge in [0, 0.05) is 12.1 Å². The third-order valence-electron chi connectivity index (χ3n) is 2.62. The summed E-state index contributed by atoms with van der Waals surface area (Å²) in [6.07, 6.45) is 0.892. The van der Waals surface area contributed by atoms with Crippen molar-refractivity contribution in [3.05, 3.63) is 52.4 Å². The fourth-order valence-corrected chi connectivity index (χ4v) is 1.84. The molecule has 0 unspecified atom stereocenters. The highest BCUT2D eigenvalue weighted by atomic mass is 35.5. The number of rotatable bonds is 4. The SMILES string of the molecule is CCc1ccc(CNc2ccc(C#N)c(Cl)c2)o1. The molecule has 3 nitrogen and oxygen atoms in total. The number of benzene rings is 1. The van der Waals surface area contributed by atoms with E-state index in [-0.39, 0.29) is 0 Å². The number of furan rings is 1. The molecule has 1 N–H and O–H groups in total. The molecule has 0 bridgehead atoms. The van der Waals surface area contributed by atoms with E-state index < -0.39 is 0 Å². The molecule has 0 saturated carbocycles. The van der Waals surface area contributed by atoms with Crippen LogP contribution in [0.1, 0.15) is 24.0 Å². The van der Waals surface area contributed by atoms with E-state index in [0.29, 0.717) is 17.1 Å². The van der Waals surface area contributed by atoms with Crippen molar-refractivity contribution in [3.8, 4) is 6.07 Å². The predicted molar refractivity (Wildman–Crippen MR) is 71.6 cm³/mol. The molecule has 2 aromatic rings. The maximum absolute atomic E-state index is 8.78. The molecule has 1 aromatic heterocycles. The Morgan fingerprint density at radius 3 is 2.67 bits per heavy atom. The molecule has 4 heteroatoms. The van der Waals surface area contributed by atoms with Crippen LogP contribution in [0, 0.1) is 11.3 Å². The minimum atomic E-state index is 0.455. The van der Waals surface area contributed by atoms with Crippen LogP contribution in [0.5, 0.6) is 0 Å². The quantitative estimate of drug-likeness (QED) is 0.905. The molecule has 0 amide bonds. The Morgan fingerprint density at radius 1 is 1.28 bits per heavy atom. The molecule has 0 saturated heterocycles. The van der Waals surface area contributed by atoms with Crippen molar-refractivity contribution >= 4 is 17.3 Å². The number of nitriles is 1. The van der Waals surface area contributed by atoms with Crippen molar-refractivity contribution in [1.29, 1.82) is 5.26 Å². The van der Waals surface area contributed by atoms with Crippen LogP contribution in [0.3, 0.4) is 0 Å². The van der Waals surface area contributed by atoms with Gasteiger partial charge < -0.3 is 9.73 Å². The molecule has 0 spiro atoms. The van der Waals surface area contributed by atoms with E-state index in [1.54, 1.807) is 12.1 Å². The normalized spacial score (nSPS) is 10.1. The van der Waals surface area contributed by atoms with Crippen LogP contribution in [0.2, 0.25) is 5.02 Å². The van der Waals surface area contributed by atoms with E-state index in [0.717, 1.165) is 23.6 Å². The number of anilines is 1. The monoisotopic (exact) mass is 260 g/mol. The van der Waals surface area contributed by atoms with E-state index in [1.165, 1.54) is 0 Å². The summed E-state index contributed by atoms with van der Waals surface area (Å²) < 4.78 is 5.58. The van der Waals surface area contributed by atoms with Gasteiger partial charge in [0.25, 0.3) is 0 Å². The molecule has 0 radical (unpaired) electrons. The first-order valence-corrected chi connectivity index (χ1v) is 6.12. The Labute approximate surface area is 111 Å². The second-order valence-corrected chi connectivity index (χ2v) is 4.29. The van der Waals surface area contributed by atoms with Gasteiger partial charge in [-0.2, -0.15) is 5.26 Å². The van der Waals surface area contributed by atoms with Crippen molar-refractivity contribution in [3.63, 3.8) is 0 Å². The maximum Gasteiger partial charge on any atom is 0.123 e. The zero-order valence-electron chi connectivity index (χ0n) is 10.0. The number of aryl methyl sites for hydroxylation is 1. The Kier molecular flexibility index (Phi) is 3.91. The topological polar surface area (TPSA) is 49.0 Å². The summed E-state index contributed by atoms with van der Waals surface area (Å²) in [4.78, 5) is 0. The zero-order valence-corrected chi connectivity index (χ0v) is 10.8. The van der Waals surface area contributed by atoms with Crippen molar-refractivity contribution in [1.82, 2.24) is 0 Å². The second-order valence-electron chi connectivity index (χ2n) is 3.88. The van der Waals surface area contributed by atoms with Gasteiger partial charge >= 0.3 is 0 Å². The van der Waals surface area contributed by atoms with Gasteiger partial charge in [-0.25, -0.2) is 0 Å². The number of hydrogen-bond acceptors (Lipinski definition) is 3. The summed E-state index contributed by atoms with van der Waals surface area (Å²) in [5.41, 5.74) is 1.35. The maximum atomic E-state index is 8.78. The smallest absolute Gasteiger partial charge is 0.123 e. The summed E-state index contributed by atoms with van der Waals surface area (Å²) in [6.45, 7) is 2.65. The van der Waals surface area contributed by atoms with Crippen LogP contribution < -0.4 is 5.32 Å². The van der Waals surface area contributed by atoms with Crippen molar-refractivity contribution in [2.45, 2.75) is 19.9 Å². The highest BCUT2D eigenvalue weighted by Gasteiger charge is 2.03. The first kappa shape index (κ1) is 12.5. The molecular formula is C14H13ClN2O. The van der Waals surface area contributed by atoms with Crippen LogP contribution in [-0.4, -0.2) is 0 Å². The second kappa shape index (κ2) is 5.61. The molecule has 0 aliphatic heterocycles. The van der Waals surface area contributed by atoms with Gasteiger partial charge in [0.2, 0.25) is 0 Å². The number of nitrogens with one attached hydrogen (secondary N) is 1. The third kappa shape index (κ3) is 2.85. The molecule has 1 heterocycles. The summed E-state index contributed by atoms with van der Waals surface area (Å²) >= 11 is 5.95. The van der Waals surface area contributed by atoms with Crippen molar-refractivity contribution in [2.24, 2.45) is 0 Å². The van der Waals surface area contributed by atoms with E-state index in [4.69, 9.17) is 21.3 Å². The summed E-state index contributed by atoms with van der Waals surface area (Å²) in [5, 5.41) is 12.4. The Morgan fingerprint density at radius 2 is 2.06 bits per heavy atom. The predicted octanol–water partition coefficient (Wildman–Crippen LogP) is 3.98. The van der Waals surface area contributed by atoms with Gasteiger partial charge in [-0.15, -0.1) is 0 Å². The molecule has 2 rings (SSSR count). The molecule has 0 fully saturated rings. The van der Waals surface area contributed by atoms with Crippen LogP contribution >= 0.6 is 11.6 Å². The molecule has 0 aliphatic rings. The standard InChI is InChI=1S/C14H13ClN2O/c1-2-12-5-6-13(18-12)9-17-11-4-3-10(8-16)14(15)7-11/h3-7,17H,2,9H2,1H3. The van der Waals surface area contributed by atoms with Crippen molar-refractivity contribution in [2.75, 3.05) is 5.32 Å². The van der Waals surface area contributed by atoms with Crippen LogP contribution in [-0.2, 0) is 13.0 Å². The van der Waals surface area contributed by atoms with Crippen LogP contribution in [0.25, 0.3) is 0 Å². The highest BCUT2D eigenvalue weighted by molar-refractivity contribution is 6.32.